The molecule has 0 aliphatic carbocycles. The van der Waals surface area contributed by atoms with Crippen molar-refractivity contribution >= 4 is 44.7 Å². The van der Waals surface area contributed by atoms with Crippen LogP contribution in [-0.4, -0.2) is 27.4 Å². The van der Waals surface area contributed by atoms with Gasteiger partial charge in [0.25, 0.3) is 5.56 Å². The van der Waals surface area contributed by atoms with Crippen LogP contribution in [0.3, 0.4) is 0 Å². The van der Waals surface area contributed by atoms with E-state index >= 15 is 0 Å². The maximum Gasteiger partial charge on any atom is 0.263 e. The average Bonchev–Trinajstić information content (AvgIpc) is 3.30. The zero-order valence-corrected chi connectivity index (χ0v) is 16.6. The molecule has 0 aliphatic heterocycles. The van der Waals surface area contributed by atoms with Crippen LogP contribution in [0, 0.1) is 5.92 Å². The number of hydrogen-bond acceptors (Lipinski definition) is 6. The molecule has 2 atom stereocenters. The Labute approximate surface area is 163 Å². The number of carbonyl (C=O) groups excluding carboxylic acids is 2. The quantitative estimate of drug-likeness (QED) is 0.629. The molecule has 2 unspecified atom stereocenters. The summed E-state index contributed by atoms with van der Waals surface area (Å²) in [7, 11) is 0. The summed E-state index contributed by atoms with van der Waals surface area (Å²) in [6, 6.07) is 3.10. The van der Waals surface area contributed by atoms with Gasteiger partial charge in [-0.3, -0.25) is 19.0 Å². The molecule has 142 valence electrons. The van der Waals surface area contributed by atoms with Gasteiger partial charge in [0.2, 0.25) is 11.8 Å². The second kappa shape index (κ2) is 8.01. The van der Waals surface area contributed by atoms with E-state index in [2.05, 4.69) is 10.3 Å². The first-order valence-corrected chi connectivity index (χ1v) is 10.3. The number of rotatable bonds is 7. The number of aromatic nitrogens is 2. The van der Waals surface area contributed by atoms with E-state index in [1.165, 1.54) is 22.2 Å². The predicted octanol–water partition coefficient (Wildman–Crippen LogP) is 2.20. The van der Waals surface area contributed by atoms with Crippen molar-refractivity contribution in [1.29, 1.82) is 0 Å². The van der Waals surface area contributed by atoms with E-state index < -0.39 is 17.9 Å². The fourth-order valence-electron chi connectivity index (χ4n) is 2.80. The lowest BCUT2D eigenvalue weighted by Gasteiger charge is -2.21. The molecule has 9 heteroatoms. The Bertz CT molecular complexity index is 1020. The van der Waals surface area contributed by atoms with Gasteiger partial charge < -0.3 is 11.1 Å². The molecule has 0 bridgehead atoms. The van der Waals surface area contributed by atoms with Crippen molar-refractivity contribution in [3.63, 3.8) is 0 Å². The van der Waals surface area contributed by atoms with E-state index in [9.17, 15) is 14.4 Å². The van der Waals surface area contributed by atoms with Crippen LogP contribution in [0.2, 0.25) is 0 Å². The largest absolute Gasteiger partial charge is 0.368 e. The minimum atomic E-state index is -0.766. The maximum atomic E-state index is 12.9. The molecule has 0 saturated heterocycles. The molecule has 3 rings (SSSR count). The van der Waals surface area contributed by atoms with Gasteiger partial charge in [-0.25, -0.2) is 4.98 Å². The van der Waals surface area contributed by atoms with Gasteiger partial charge in [-0.15, -0.1) is 22.7 Å². The van der Waals surface area contributed by atoms with Gasteiger partial charge in [0, 0.05) is 15.8 Å². The van der Waals surface area contributed by atoms with Crippen LogP contribution in [0.1, 0.15) is 20.3 Å². The molecular weight excluding hydrogens is 384 g/mol. The van der Waals surface area contributed by atoms with E-state index in [0.29, 0.717) is 16.6 Å². The number of thiophene rings is 2. The van der Waals surface area contributed by atoms with E-state index in [4.69, 9.17) is 5.73 Å². The van der Waals surface area contributed by atoms with Crippen LogP contribution in [0.15, 0.2) is 34.0 Å². The molecular formula is C18H20N4O3S2. The number of nitrogens with zero attached hydrogens (tertiary/aromatic N) is 2. The third-order valence-electron chi connectivity index (χ3n) is 4.50. The molecule has 0 spiro atoms. The van der Waals surface area contributed by atoms with E-state index in [1.807, 2.05) is 36.7 Å². The molecule has 0 fully saturated rings. The SMILES string of the molecule is CCC(C)C(NC(=O)Cn1cnc2scc(-c3cccs3)c2c1=O)C(N)=O. The predicted molar refractivity (Wildman–Crippen MR) is 108 cm³/mol. The van der Waals surface area contributed by atoms with Crippen LogP contribution in [0.5, 0.6) is 0 Å². The minimum Gasteiger partial charge on any atom is -0.368 e. The molecule has 3 aromatic heterocycles. The molecule has 2 amide bonds. The zero-order valence-electron chi connectivity index (χ0n) is 15.0. The van der Waals surface area contributed by atoms with Gasteiger partial charge in [-0.1, -0.05) is 26.3 Å². The number of hydrogen-bond donors (Lipinski definition) is 2. The van der Waals surface area contributed by atoms with Gasteiger partial charge in [-0.05, 0) is 17.4 Å². The first-order chi connectivity index (χ1) is 12.9. The van der Waals surface area contributed by atoms with Crippen LogP contribution >= 0.6 is 22.7 Å². The summed E-state index contributed by atoms with van der Waals surface area (Å²) in [6.45, 7) is 3.54. The molecule has 3 heterocycles. The lowest BCUT2D eigenvalue weighted by molar-refractivity contribution is -0.128. The standard InChI is InChI=1S/C18H20N4O3S2/c1-3-10(2)15(16(19)24)21-13(23)7-22-9-20-17-14(18(22)25)11(8-27-17)12-5-4-6-26-12/h4-6,8-10,15H,3,7H2,1-2H3,(H2,19,24)(H,21,23). The Morgan fingerprint density at radius 3 is 2.78 bits per heavy atom. The van der Waals surface area contributed by atoms with Crippen LogP contribution in [-0.2, 0) is 16.1 Å². The Balaban J connectivity index is 1.88. The van der Waals surface area contributed by atoms with Gasteiger partial charge in [-0.2, -0.15) is 0 Å². The summed E-state index contributed by atoms with van der Waals surface area (Å²) < 4.78 is 1.26. The van der Waals surface area contributed by atoms with Gasteiger partial charge >= 0.3 is 0 Å². The first-order valence-electron chi connectivity index (χ1n) is 8.51. The Kier molecular flexibility index (Phi) is 5.71. The highest BCUT2D eigenvalue weighted by Gasteiger charge is 2.24. The number of carbonyl (C=O) groups is 2. The van der Waals surface area contributed by atoms with Crippen molar-refractivity contribution in [2.75, 3.05) is 0 Å². The molecule has 0 aliphatic rings. The number of amides is 2. The normalized spacial score (nSPS) is 13.4. The van der Waals surface area contributed by atoms with E-state index in [0.717, 1.165) is 10.4 Å². The van der Waals surface area contributed by atoms with Gasteiger partial charge in [0.05, 0.1) is 11.7 Å². The fourth-order valence-corrected chi connectivity index (χ4v) is 4.52. The molecule has 3 N–H and O–H groups in total. The molecule has 0 aromatic carbocycles. The van der Waals surface area contributed by atoms with E-state index in [-0.39, 0.29) is 18.0 Å². The number of fused-ring (bicyclic) bond motifs is 1. The summed E-state index contributed by atoms with van der Waals surface area (Å²) >= 11 is 2.94. The number of primary amides is 1. The van der Waals surface area contributed by atoms with Crippen molar-refractivity contribution in [1.82, 2.24) is 14.9 Å². The van der Waals surface area contributed by atoms with Crippen LogP contribution in [0.25, 0.3) is 20.7 Å². The minimum absolute atomic E-state index is 0.0916. The van der Waals surface area contributed by atoms with Gasteiger partial charge in [0.15, 0.2) is 0 Å². The van der Waals surface area contributed by atoms with Crippen molar-refractivity contribution < 1.29 is 9.59 Å². The second-order valence-electron chi connectivity index (χ2n) is 6.32. The highest BCUT2D eigenvalue weighted by atomic mass is 32.1. The van der Waals surface area contributed by atoms with Crippen molar-refractivity contribution in [3.8, 4) is 10.4 Å². The van der Waals surface area contributed by atoms with Crippen LogP contribution < -0.4 is 16.6 Å². The summed E-state index contributed by atoms with van der Waals surface area (Å²) in [6.07, 6.45) is 2.06. The molecule has 27 heavy (non-hydrogen) atoms. The zero-order chi connectivity index (χ0) is 19.6. The van der Waals surface area contributed by atoms with Crippen molar-refractivity contribution in [2.45, 2.75) is 32.9 Å². The number of nitrogens with one attached hydrogen (secondary N) is 1. The smallest absolute Gasteiger partial charge is 0.263 e. The molecule has 0 saturated carbocycles. The molecule has 7 nitrogen and oxygen atoms in total. The van der Waals surface area contributed by atoms with E-state index in [1.54, 1.807) is 11.3 Å². The van der Waals surface area contributed by atoms with Crippen LogP contribution in [0.4, 0.5) is 0 Å². The number of nitrogens with two attached hydrogens (primary N) is 1. The Morgan fingerprint density at radius 1 is 1.37 bits per heavy atom. The fraction of sp³-hybridized carbons (Fsp3) is 0.333. The lowest BCUT2D eigenvalue weighted by atomic mass is 9.98. The summed E-state index contributed by atoms with van der Waals surface area (Å²) in [5.74, 6) is -1.13. The van der Waals surface area contributed by atoms with Crippen molar-refractivity contribution in [3.05, 3.63) is 39.6 Å². The Hall–Kier alpha value is -2.52. The third kappa shape index (κ3) is 3.93. The second-order valence-corrected chi connectivity index (χ2v) is 8.12. The Morgan fingerprint density at radius 2 is 2.15 bits per heavy atom. The molecule has 0 radical (unpaired) electrons. The maximum absolute atomic E-state index is 12.9. The monoisotopic (exact) mass is 404 g/mol. The van der Waals surface area contributed by atoms with Crippen molar-refractivity contribution in [2.24, 2.45) is 11.7 Å². The highest BCUT2D eigenvalue weighted by Crippen LogP contribution is 2.33. The summed E-state index contributed by atoms with van der Waals surface area (Å²) in [5, 5.41) is 6.98. The average molecular weight is 405 g/mol. The molecule has 3 aromatic rings. The topological polar surface area (TPSA) is 107 Å². The van der Waals surface area contributed by atoms with Gasteiger partial charge in [0.1, 0.15) is 17.4 Å². The summed E-state index contributed by atoms with van der Waals surface area (Å²) in [5.41, 5.74) is 5.93. The first kappa shape index (κ1) is 19.2. The highest BCUT2D eigenvalue weighted by molar-refractivity contribution is 7.18. The summed E-state index contributed by atoms with van der Waals surface area (Å²) in [4.78, 5) is 42.8. The lowest BCUT2D eigenvalue weighted by Crippen LogP contribution is -2.49. The third-order valence-corrected chi connectivity index (χ3v) is 6.29.